The zero-order valence-corrected chi connectivity index (χ0v) is 13.7. The molecule has 0 saturated heterocycles. The monoisotopic (exact) mass is 336 g/mol. The van der Waals surface area contributed by atoms with E-state index in [1.807, 2.05) is 0 Å². The van der Waals surface area contributed by atoms with Crippen LogP contribution >= 0.6 is 0 Å². The highest BCUT2D eigenvalue weighted by Crippen LogP contribution is 2.27. The van der Waals surface area contributed by atoms with Gasteiger partial charge < -0.3 is 51.6 Å². The average molecular weight is 336 g/mol. The summed E-state index contributed by atoms with van der Waals surface area (Å²) in [4.78, 5) is 0. The first-order valence-corrected chi connectivity index (χ1v) is 7.44. The lowest BCUT2D eigenvalue weighted by molar-refractivity contribution is 0.0134. The first-order valence-electron chi connectivity index (χ1n) is 7.44. The van der Waals surface area contributed by atoms with E-state index in [1.54, 1.807) is 0 Å². The SMILES string of the molecule is NCCCCCCC(N)(N)C(N)(N)C(N)(N)C(N)(N)C(N)(N)N. The fraction of sp³-hybridized carbons (Fsp3) is 1.00. The van der Waals surface area contributed by atoms with Crippen LogP contribution in [0.5, 0.6) is 0 Å². The molecule has 12 nitrogen and oxygen atoms in total. The Kier molecular flexibility index (Phi) is 7.03. The molecule has 140 valence electrons. The Hall–Kier alpha value is -0.480. The van der Waals surface area contributed by atoms with Crippen molar-refractivity contribution in [2.45, 2.75) is 60.5 Å². The summed E-state index contributed by atoms with van der Waals surface area (Å²) in [6.45, 7) is 0.608. The molecule has 0 unspecified atom stereocenters. The Labute approximate surface area is 136 Å². The highest BCUT2D eigenvalue weighted by molar-refractivity contribution is 5.23. The Morgan fingerprint density at radius 3 is 1.30 bits per heavy atom. The molecule has 0 aliphatic rings. The summed E-state index contributed by atoms with van der Waals surface area (Å²) in [7, 11) is 0. The van der Waals surface area contributed by atoms with Crippen molar-refractivity contribution in [3.05, 3.63) is 0 Å². The number of hydrogen-bond acceptors (Lipinski definition) is 12. The van der Waals surface area contributed by atoms with Crippen LogP contribution in [0.1, 0.15) is 32.1 Å². The minimum atomic E-state index is -2.28. The van der Waals surface area contributed by atoms with Crippen molar-refractivity contribution in [1.29, 1.82) is 0 Å². The van der Waals surface area contributed by atoms with Gasteiger partial charge in [0.15, 0.2) is 5.79 Å². The van der Waals surface area contributed by atoms with E-state index >= 15 is 0 Å². The van der Waals surface area contributed by atoms with E-state index in [0.717, 1.165) is 19.3 Å². The lowest BCUT2D eigenvalue weighted by Crippen LogP contribution is -3.02. The van der Waals surface area contributed by atoms with Crippen LogP contribution in [0.2, 0.25) is 0 Å². The van der Waals surface area contributed by atoms with Gasteiger partial charge in [0.1, 0.15) is 17.0 Å². The molecular weight excluding hydrogens is 300 g/mol. The van der Waals surface area contributed by atoms with Crippen molar-refractivity contribution in [2.24, 2.45) is 68.8 Å². The summed E-state index contributed by atoms with van der Waals surface area (Å²) in [5.74, 6) is -2.18. The van der Waals surface area contributed by atoms with Crippen molar-refractivity contribution in [3.63, 3.8) is 0 Å². The summed E-state index contributed by atoms with van der Waals surface area (Å²) < 4.78 is 0. The van der Waals surface area contributed by atoms with Crippen LogP contribution in [0.15, 0.2) is 0 Å². The van der Waals surface area contributed by atoms with Crippen LogP contribution in [-0.4, -0.2) is 35.0 Å². The molecule has 0 aliphatic heterocycles. The van der Waals surface area contributed by atoms with E-state index in [1.165, 1.54) is 0 Å². The fourth-order valence-corrected chi connectivity index (χ4v) is 2.21. The minimum Gasteiger partial charge on any atom is -0.330 e. The molecule has 0 aromatic rings. The van der Waals surface area contributed by atoms with Gasteiger partial charge in [-0.05, 0) is 19.4 Å². The Balaban J connectivity index is 5.26. The molecule has 0 radical (unpaired) electrons. The van der Waals surface area contributed by atoms with Crippen LogP contribution in [0, 0.1) is 0 Å². The van der Waals surface area contributed by atoms with Gasteiger partial charge in [-0.25, -0.2) is 0 Å². The summed E-state index contributed by atoms with van der Waals surface area (Å²) in [5.41, 5.74) is 61.4. The molecule has 0 amide bonds. The van der Waals surface area contributed by atoms with Gasteiger partial charge in [0.25, 0.3) is 0 Å². The van der Waals surface area contributed by atoms with Gasteiger partial charge in [-0.3, -0.25) is 17.2 Å². The van der Waals surface area contributed by atoms with E-state index in [2.05, 4.69) is 0 Å². The largest absolute Gasteiger partial charge is 0.330 e. The topological polar surface area (TPSA) is 312 Å². The molecule has 0 rings (SSSR count). The molecule has 0 saturated carbocycles. The fourth-order valence-electron chi connectivity index (χ4n) is 2.21. The Morgan fingerprint density at radius 1 is 0.478 bits per heavy atom. The standard InChI is InChI=1S/C11H36N12/c12-6-4-2-1-3-5-7(13,14)8(15,16)9(17,18)10(19,20)11(21,22)23/h1-6,12-23H2. The second-order valence-electron chi connectivity index (χ2n) is 6.53. The number of unbranched alkanes of at least 4 members (excludes halogenated alkanes) is 3. The van der Waals surface area contributed by atoms with Gasteiger partial charge in [0.2, 0.25) is 0 Å². The first-order chi connectivity index (χ1) is 10.1. The van der Waals surface area contributed by atoms with Gasteiger partial charge in [0.05, 0.1) is 5.66 Å². The highest BCUT2D eigenvalue weighted by Gasteiger charge is 2.64. The number of rotatable bonds is 10. The Morgan fingerprint density at radius 2 is 0.913 bits per heavy atom. The maximum absolute atomic E-state index is 6.04. The van der Waals surface area contributed by atoms with Crippen molar-refractivity contribution >= 4 is 0 Å². The quantitative estimate of drug-likeness (QED) is 0.131. The molecule has 24 N–H and O–H groups in total. The van der Waals surface area contributed by atoms with Gasteiger partial charge in [-0.1, -0.05) is 19.3 Å². The lowest BCUT2D eigenvalue weighted by atomic mass is 9.72. The molecule has 0 fully saturated rings. The summed E-state index contributed by atoms with van der Waals surface area (Å²) >= 11 is 0. The molecule has 0 aromatic carbocycles. The summed E-state index contributed by atoms with van der Waals surface area (Å²) in [6.07, 6.45) is 3.47. The Bertz CT molecular complexity index is 370. The maximum atomic E-state index is 6.04. The second kappa shape index (κ2) is 7.18. The van der Waals surface area contributed by atoms with Gasteiger partial charge in [-0.15, -0.1) is 0 Å². The van der Waals surface area contributed by atoms with Crippen molar-refractivity contribution < 1.29 is 0 Å². The lowest BCUT2D eigenvalue weighted by Gasteiger charge is -2.57. The predicted octanol–water partition coefficient (Wildman–Crippen LogP) is -6.12. The zero-order chi connectivity index (χ0) is 18.7. The van der Waals surface area contributed by atoms with Crippen LogP contribution in [-0.2, 0) is 0 Å². The third-order valence-corrected chi connectivity index (χ3v) is 4.40. The molecule has 0 atom stereocenters. The van der Waals surface area contributed by atoms with Crippen LogP contribution in [0.4, 0.5) is 0 Å². The maximum Gasteiger partial charge on any atom is 0.151 e. The molecule has 12 heteroatoms. The molecule has 0 spiro atoms. The van der Waals surface area contributed by atoms with Crippen LogP contribution in [0.3, 0.4) is 0 Å². The van der Waals surface area contributed by atoms with Gasteiger partial charge >= 0.3 is 0 Å². The average Bonchev–Trinajstić information content (AvgIpc) is 2.36. The van der Waals surface area contributed by atoms with E-state index in [-0.39, 0.29) is 6.42 Å². The number of nitrogens with two attached hydrogens (primary N) is 12. The molecule has 0 heterocycles. The molecule has 23 heavy (non-hydrogen) atoms. The van der Waals surface area contributed by atoms with Crippen molar-refractivity contribution in [3.8, 4) is 0 Å². The molecule has 0 aliphatic carbocycles. The van der Waals surface area contributed by atoms with Crippen molar-refractivity contribution in [2.75, 3.05) is 6.54 Å². The van der Waals surface area contributed by atoms with Crippen LogP contribution < -0.4 is 68.8 Å². The van der Waals surface area contributed by atoms with E-state index in [0.29, 0.717) is 13.0 Å². The second-order valence-corrected chi connectivity index (χ2v) is 6.53. The highest BCUT2D eigenvalue weighted by atomic mass is 15.4. The summed E-state index contributed by atoms with van der Waals surface area (Å²) in [6, 6.07) is 0. The third-order valence-electron chi connectivity index (χ3n) is 4.40. The van der Waals surface area contributed by atoms with E-state index < -0.39 is 28.4 Å². The number of hydrogen-bond donors (Lipinski definition) is 12. The molecule has 0 bridgehead atoms. The minimum absolute atomic E-state index is 0.212. The van der Waals surface area contributed by atoms with Crippen LogP contribution in [0.25, 0.3) is 0 Å². The molecule has 0 aromatic heterocycles. The first kappa shape index (κ1) is 22.5. The summed E-state index contributed by atoms with van der Waals surface area (Å²) in [5, 5.41) is 0. The predicted molar refractivity (Wildman–Crippen MR) is 91.9 cm³/mol. The van der Waals surface area contributed by atoms with E-state index in [9.17, 15) is 0 Å². The smallest absolute Gasteiger partial charge is 0.151 e. The molecular formula is C11H36N12. The van der Waals surface area contributed by atoms with Crippen molar-refractivity contribution in [1.82, 2.24) is 0 Å². The third kappa shape index (κ3) is 4.33. The zero-order valence-electron chi connectivity index (χ0n) is 13.7. The van der Waals surface area contributed by atoms with Gasteiger partial charge in [0, 0.05) is 0 Å². The van der Waals surface area contributed by atoms with E-state index in [4.69, 9.17) is 68.8 Å². The normalized spacial score (nSPS) is 15.1. The van der Waals surface area contributed by atoms with Gasteiger partial charge in [-0.2, -0.15) is 0 Å².